The molecule has 2 fully saturated rings. The maximum atomic E-state index is 13.7. The van der Waals surface area contributed by atoms with E-state index in [0.717, 1.165) is 18.7 Å². The summed E-state index contributed by atoms with van der Waals surface area (Å²) < 4.78 is 17.3. The van der Waals surface area contributed by atoms with Gasteiger partial charge in [-0.25, -0.2) is 9.78 Å². The number of cyclic esters (lactones) is 1. The predicted octanol–water partition coefficient (Wildman–Crippen LogP) is 2.83. The zero-order chi connectivity index (χ0) is 31.6. The molecule has 0 radical (unpaired) electrons. The van der Waals surface area contributed by atoms with Gasteiger partial charge in [-0.15, -0.1) is 0 Å². The second-order valence-corrected chi connectivity index (χ2v) is 12.0. The van der Waals surface area contributed by atoms with Crippen LogP contribution in [0.2, 0.25) is 0 Å². The van der Waals surface area contributed by atoms with Crippen LogP contribution in [0.4, 0.5) is 0 Å². The van der Waals surface area contributed by atoms with E-state index in [1.54, 1.807) is 12.2 Å². The van der Waals surface area contributed by atoms with Crippen LogP contribution in [0.15, 0.2) is 58.8 Å². The van der Waals surface area contributed by atoms with Gasteiger partial charge in [0.15, 0.2) is 11.6 Å². The summed E-state index contributed by atoms with van der Waals surface area (Å²) in [4.78, 5) is 47.9. The lowest BCUT2D eigenvalue weighted by atomic mass is 9.92. The summed E-state index contributed by atoms with van der Waals surface area (Å²) in [5.41, 5.74) is 1.65. The molecule has 0 saturated carbocycles. The number of fused-ring (bicyclic) bond motifs is 3. The summed E-state index contributed by atoms with van der Waals surface area (Å²) in [5.74, 6) is -1.10. The highest BCUT2D eigenvalue weighted by Gasteiger charge is 2.39. The number of nitrogens with zero attached hydrogens (tertiary/aromatic N) is 3. The number of ether oxygens (including phenoxy) is 2. The number of aliphatic hydroxyl groups excluding tert-OH is 1. The predicted molar refractivity (Wildman–Crippen MR) is 165 cm³/mol. The van der Waals surface area contributed by atoms with Gasteiger partial charge in [0.25, 0.3) is 5.91 Å². The monoisotopic (exact) mass is 610 g/mol. The van der Waals surface area contributed by atoms with E-state index in [1.807, 2.05) is 32.9 Å². The maximum absolute atomic E-state index is 13.7. The maximum Gasteiger partial charge on any atom is 0.329 e. The molecule has 240 valence electrons. The van der Waals surface area contributed by atoms with E-state index in [-0.39, 0.29) is 29.9 Å². The van der Waals surface area contributed by atoms with Crippen molar-refractivity contribution in [3.63, 3.8) is 0 Å². The van der Waals surface area contributed by atoms with Crippen molar-refractivity contribution in [1.29, 1.82) is 0 Å². The molecule has 0 aliphatic carbocycles. The molecule has 1 aromatic rings. The molecule has 11 heteroatoms. The number of oxazole rings is 1. The van der Waals surface area contributed by atoms with E-state index in [4.69, 9.17) is 13.9 Å². The molecule has 5 atom stereocenters. The quantitative estimate of drug-likeness (QED) is 0.391. The largest absolute Gasteiger partial charge is 0.460 e. The van der Waals surface area contributed by atoms with Crippen molar-refractivity contribution in [2.24, 2.45) is 11.8 Å². The molecule has 0 spiro atoms. The zero-order valence-electron chi connectivity index (χ0n) is 26.1. The van der Waals surface area contributed by atoms with Gasteiger partial charge in [-0.3, -0.25) is 14.5 Å². The van der Waals surface area contributed by atoms with Crippen LogP contribution >= 0.6 is 0 Å². The first-order chi connectivity index (χ1) is 21.1. The summed E-state index contributed by atoms with van der Waals surface area (Å²) in [6, 6.07) is -0.742. The molecule has 3 aliphatic heterocycles. The SMILES string of the molecule is C=C1Cc2nc(co2)C(=O)N2CCC[C@@H]2C(=O)O[C@H]([C@@H](C)CN2CCOCC2)[C@H](C)/C=C/C(=O)NC/C=C/C(C)=C/[C@@H](O)C1. The van der Waals surface area contributed by atoms with Crippen molar-refractivity contribution in [3.8, 4) is 0 Å². The average molecular weight is 611 g/mol. The van der Waals surface area contributed by atoms with Crippen LogP contribution in [0.25, 0.3) is 0 Å². The average Bonchev–Trinajstić information content (AvgIpc) is 3.66. The summed E-state index contributed by atoms with van der Waals surface area (Å²) in [7, 11) is 0. The van der Waals surface area contributed by atoms with Gasteiger partial charge in [-0.1, -0.05) is 55.9 Å². The minimum atomic E-state index is -0.765. The van der Waals surface area contributed by atoms with Gasteiger partial charge in [0.2, 0.25) is 5.91 Å². The topological polar surface area (TPSA) is 134 Å². The van der Waals surface area contributed by atoms with Crippen LogP contribution in [0, 0.1) is 11.8 Å². The summed E-state index contributed by atoms with van der Waals surface area (Å²) in [5, 5.41) is 13.3. The molecule has 4 rings (SSSR count). The molecule has 2 saturated heterocycles. The Hall–Kier alpha value is -3.54. The van der Waals surface area contributed by atoms with Gasteiger partial charge < -0.3 is 29.2 Å². The van der Waals surface area contributed by atoms with Gasteiger partial charge in [0, 0.05) is 51.0 Å². The molecule has 2 N–H and O–H groups in total. The minimum Gasteiger partial charge on any atom is -0.460 e. The zero-order valence-corrected chi connectivity index (χ0v) is 26.1. The lowest BCUT2D eigenvalue weighted by molar-refractivity contribution is -0.159. The third-order valence-electron chi connectivity index (χ3n) is 8.22. The van der Waals surface area contributed by atoms with Crippen LogP contribution < -0.4 is 5.32 Å². The van der Waals surface area contributed by atoms with Gasteiger partial charge in [0.1, 0.15) is 18.4 Å². The van der Waals surface area contributed by atoms with Crippen molar-refractivity contribution < 1.29 is 33.4 Å². The van der Waals surface area contributed by atoms with Crippen LogP contribution in [-0.4, -0.2) is 102 Å². The van der Waals surface area contributed by atoms with Crippen LogP contribution in [-0.2, 0) is 25.5 Å². The molecule has 0 unspecified atom stereocenters. The van der Waals surface area contributed by atoms with Crippen molar-refractivity contribution in [1.82, 2.24) is 20.1 Å². The lowest BCUT2D eigenvalue weighted by Crippen LogP contribution is -2.46. The Bertz CT molecular complexity index is 1260. The van der Waals surface area contributed by atoms with E-state index < -0.39 is 30.1 Å². The summed E-state index contributed by atoms with van der Waals surface area (Å²) in [6.07, 6.45) is 10.3. The molecule has 3 aliphatic rings. The van der Waals surface area contributed by atoms with Crippen molar-refractivity contribution >= 4 is 17.8 Å². The highest BCUT2D eigenvalue weighted by Crippen LogP contribution is 2.26. The van der Waals surface area contributed by atoms with Crippen LogP contribution in [0.1, 0.15) is 56.4 Å². The van der Waals surface area contributed by atoms with E-state index in [2.05, 4.69) is 21.8 Å². The van der Waals surface area contributed by atoms with Crippen molar-refractivity contribution in [2.45, 2.75) is 64.7 Å². The van der Waals surface area contributed by atoms with Gasteiger partial charge in [0.05, 0.1) is 19.3 Å². The van der Waals surface area contributed by atoms with Crippen molar-refractivity contribution in [3.05, 3.63) is 66.0 Å². The standard InChI is InChI=1S/C33H46N4O7/c1-22-7-5-11-34-29(39)10-9-24(3)31(25(4)20-36-13-15-42-16-14-36)44-33(41)28-8-6-12-37(28)32(40)27-21-43-30(35-27)19-23(2)18-26(38)17-22/h5,7,9-10,17,21,24-26,28,31,38H,2,6,8,11-16,18-20H2,1,3-4H3,(H,34,39)/b7-5+,10-9+,22-17+/t24-,25+,26-,28-,31+/m1/s1. The normalized spacial score (nSPS) is 30.5. The molecule has 2 bridgehead atoms. The minimum absolute atomic E-state index is 0.0426. The highest BCUT2D eigenvalue weighted by atomic mass is 16.5. The number of hydrogen-bond donors (Lipinski definition) is 2. The fourth-order valence-corrected chi connectivity index (χ4v) is 5.95. The van der Waals surface area contributed by atoms with Gasteiger partial charge >= 0.3 is 5.97 Å². The number of aromatic nitrogens is 1. The number of morpholine rings is 1. The van der Waals surface area contributed by atoms with E-state index in [1.165, 1.54) is 17.2 Å². The number of rotatable bonds is 3. The van der Waals surface area contributed by atoms with E-state index in [9.17, 15) is 19.5 Å². The third-order valence-corrected chi connectivity index (χ3v) is 8.22. The fourth-order valence-electron chi connectivity index (χ4n) is 5.95. The Labute approximate surface area is 259 Å². The first-order valence-electron chi connectivity index (χ1n) is 15.5. The Morgan fingerprint density at radius 2 is 1.95 bits per heavy atom. The number of carbonyl (C=O) groups is 3. The Kier molecular flexibility index (Phi) is 12.1. The Morgan fingerprint density at radius 3 is 2.73 bits per heavy atom. The molecule has 11 nitrogen and oxygen atoms in total. The number of carbonyl (C=O) groups excluding carboxylic acids is 3. The Balaban J connectivity index is 1.57. The summed E-state index contributed by atoms with van der Waals surface area (Å²) in [6.45, 7) is 14.2. The lowest BCUT2D eigenvalue weighted by Gasteiger charge is -2.35. The fraction of sp³-hybridized carbons (Fsp3) is 0.576. The Morgan fingerprint density at radius 1 is 1.18 bits per heavy atom. The number of esters is 1. The smallest absolute Gasteiger partial charge is 0.329 e. The van der Waals surface area contributed by atoms with Gasteiger partial charge in [-0.2, -0.15) is 0 Å². The number of hydrogen-bond acceptors (Lipinski definition) is 9. The first-order valence-corrected chi connectivity index (χ1v) is 15.5. The van der Waals surface area contributed by atoms with Crippen LogP contribution in [0.5, 0.6) is 0 Å². The second kappa shape index (κ2) is 16.0. The first kappa shape index (κ1) is 33.4. The molecule has 4 heterocycles. The van der Waals surface area contributed by atoms with E-state index >= 15 is 0 Å². The molecule has 2 amide bonds. The number of amides is 2. The number of aliphatic hydroxyl groups is 1. The highest BCUT2D eigenvalue weighted by molar-refractivity contribution is 5.95. The molecule has 0 aromatic carbocycles. The second-order valence-electron chi connectivity index (χ2n) is 12.0. The van der Waals surface area contributed by atoms with Crippen molar-refractivity contribution in [2.75, 3.05) is 45.9 Å². The molecule has 44 heavy (non-hydrogen) atoms. The molecular weight excluding hydrogens is 564 g/mol. The third kappa shape index (κ3) is 9.48. The van der Waals surface area contributed by atoms with Crippen LogP contribution in [0.3, 0.4) is 0 Å². The van der Waals surface area contributed by atoms with Gasteiger partial charge in [-0.05, 0) is 32.3 Å². The molecule has 1 aromatic heterocycles. The number of allylic oxidation sites excluding steroid dienone is 2. The number of nitrogens with one attached hydrogen (secondary N) is 1. The molecular formula is C33H46N4O7. The van der Waals surface area contributed by atoms with E-state index in [0.29, 0.717) is 63.6 Å². The summed E-state index contributed by atoms with van der Waals surface area (Å²) >= 11 is 0.